The van der Waals surface area contributed by atoms with Gasteiger partial charge in [-0.1, -0.05) is 54.6 Å². The number of carbonyl (C=O) groups excluding carboxylic acids is 2. The van der Waals surface area contributed by atoms with Gasteiger partial charge in [-0.15, -0.1) is 0 Å². The molecule has 3 aromatic rings. The van der Waals surface area contributed by atoms with E-state index in [0.717, 1.165) is 27.7 Å². The lowest BCUT2D eigenvalue weighted by atomic mass is 10.0. The number of fused-ring (bicyclic) bond motifs is 2. The summed E-state index contributed by atoms with van der Waals surface area (Å²) in [4.78, 5) is 27.8. The van der Waals surface area contributed by atoms with E-state index in [1.807, 2.05) is 48.5 Å². The van der Waals surface area contributed by atoms with Crippen molar-refractivity contribution < 1.29 is 9.59 Å². The number of amides is 2. The van der Waals surface area contributed by atoms with Crippen molar-refractivity contribution in [1.29, 1.82) is 0 Å². The van der Waals surface area contributed by atoms with Crippen LogP contribution in [0.3, 0.4) is 0 Å². The third-order valence-corrected chi connectivity index (χ3v) is 5.61. The second kappa shape index (κ2) is 8.55. The van der Waals surface area contributed by atoms with Crippen LogP contribution >= 0.6 is 0 Å². The molecular formula is C24H26N4O2. The molecule has 6 nitrogen and oxygen atoms in total. The third-order valence-electron chi connectivity index (χ3n) is 5.61. The number of hydrogen-bond acceptors (Lipinski definition) is 4. The van der Waals surface area contributed by atoms with Gasteiger partial charge in [-0.3, -0.25) is 9.59 Å². The largest absolute Gasteiger partial charge is 0.381 e. The fourth-order valence-corrected chi connectivity index (χ4v) is 3.77. The molecule has 1 aliphatic heterocycles. The first-order valence-electron chi connectivity index (χ1n) is 10.2. The molecule has 0 aliphatic carbocycles. The maximum Gasteiger partial charge on any atom is 0.251 e. The zero-order valence-corrected chi connectivity index (χ0v) is 17.2. The van der Waals surface area contributed by atoms with E-state index in [1.54, 1.807) is 18.9 Å². The maximum atomic E-state index is 13.5. The lowest BCUT2D eigenvalue weighted by Gasteiger charge is -2.26. The molecular weight excluding hydrogens is 376 g/mol. The molecule has 2 amide bonds. The Labute approximate surface area is 176 Å². The summed E-state index contributed by atoms with van der Waals surface area (Å²) in [7, 11) is 1.72. The van der Waals surface area contributed by atoms with Crippen LogP contribution in [0.15, 0.2) is 66.7 Å². The predicted octanol–water partition coefficient (Wildman–Crippen LogP) is 2.89. The standard InChI is InChI=1S/C24H26N4O2/c1-16(25-2)23(29)27-21-14-26-20-12-5-6-13-22(20)28(24(21)30)15-18-10-7-9-17-8-3-4-11-19(17)18/h3-13,16,21,25-26H,14-15H2,1-2H3,(H,27,29)/t16-,21-/m0/s1. The highest BCUT2D eigenvalue weighted by molar-refractivity contribution is 6.04. The smallest absolute Gasteiger partial charge is 0.251 e. The van der Waals surface area contributed by atoms with Crippen molar-refractivity contribution in [3.05, 3.63) is 72.3 Å². The van der Waals surface area contributed by atoms with Gasteiger partial charge in [0.15, 0.2) is 0 Å². The Hall–Kier alpha value is -3.38. The second-order valence-electron chi connectivity index (χ2n) is 7.53. The van der Waals surface area contributed by atoms with Gasteiger partial charge in [0, 0.05) is 6.54 Å². The monoisotopic (exact) mass is 402 g/mol. The van der Waals surface area contributed by atoms with E-state index in [0.29, 0.717) is 13.1 Å². The molecule has 0 bridgehead atoms. The van der Waals surface area contributed by atoms with Crippen molar-refractivity contribution in [2.24, 2.45) is 0 Å². The Balaban J connectivity index is 1.70. The van der Waals surface area contributed by atoms with E-state index in [-0.39, 0.29) is 17.9 Å². The van der Waals surface area contributed by atoms with Gasteiger partial charge in [0.25, 0.3) is 5.91 Å². The topological polar surface area (TPSA) is 73.5 Å². The number of likely N-dealkylation sites (N-methyl/N-ethyl adjacent to an activating group) is 1. The molecule has 0 fully saturated rings. The van der Waals surface area contributed by atoms with E-state index in [9.17, 15) is 9.59 Å². The molecule has 0 saturated carbocycles. The molecule has 0 aromatic heterocycles. The number of nitrogens with zero attached hydrogens (tertiary/aromatic N) is 1. The second-order valence-corrected chi connectivity index (χ2v) is 7.53. The molecule has 0 saturated heterocycles. The van der Waals surface area contributed by atoms with E-state index in [1.165, 1.54) is 0 Å². The lowest BCUT2D eigenvalue weighted by molar-refractivity contribution is -0.128. The SMILES string of the molecule is CN[C@@H](C)C(=O)N[C@H]1CNc2ccccc2N(Cc2cccc3ccccc23)C1=O. The van der Waals surface area contributed by atoms with Crippen LogP contribution in [-0.4, -0.2) is 37.5 Å². The highest BCUT2D eigenvalue weighted by Gasteiger charge is 2.32. The van der Waals surface area contributed by atoms with Crippen molar-refractivity contribution in [1.82, 2.24) is 10.6 Å². The summed E-state index contributed by atoms with van der Waals surface area (Å²) in [5.74, 6) is -0.328. The molecule has 2 atom stereocenters. The van der Waals surface area contributed by atoms with Crippen molar-refractivity contribution in [2.75, 3.05) is 23.8 Å². The highest BCUT2D eigenvalue weighted by Crippen LogP contribution is 2.31. The Kier molecular flexibility index (Phi) is 5.68. The average Bonchev–Trinajstić information content (AvgIpc) is 2.91. The van der Waals surface area contributed by atoms with Gasteiger partial charge in [-0.2, -0.15) is 0 Å². The Bertz CT molecular complexity index is 1080. The quantitative estimate of drug-likeness (QED) is 0.614. The van der Waals surface area contributed by atoms with Crippen molar-refractivity contribution in [2.45, 2.75) is 25.6 Å². The number of nitrogens with one attached hydrogen (secondary N) is 3. The first kappa shape index (κ1) is 19.9. The van der Waals surface area contributed by atoms with Crippen LogP contribution in [0.2, 0.25) is 0 Å². The molecule has 1 heterocycles. The number of carbonyl (C=O) groups is 2. The van der Waals surface area contributed by atoms with E-state index >= 15 is 0 Å². The molecule has 6 heteroatoms. The van der Waals surface area contributed by atoms with E-state index in [4.69, 9.17) is 0 Å². The van der Waals surface area contributed by atoms with Crippen molar-refractivity contribution >= 4 is 34.0 Å². The minimum atomic E-state index is -0.657. The first-order valence-corrected chi connectivity index (χ1v) is 10.2. The van der Waals surface area contributed by atoms with Crippen molar-refractivity contribution in [3.63, 3.8) is 0 Å². The summed E-state index contributed by atoms with van der Waals surface area (Å²) in [6.07, 6.45) is 0. The van der Waals surface area contributed by atoms with Crippen LogP contribution in [0.25, 0.3) is 10.8 Å². The number of benzene rings is 3. The molecule has 3 aromatic carbocycles. The molecule has 3 N–H and O–H groups in total. The third kappa shape index (κ3) is 3.86. The molecule has 0 radical (unpaired) electrons. The summed E-state index contributed by atoms with van der Waals surface area (Å²) in [6, 6.07) is 21.0. The van der Waals surface area contributed by atoms with Crippen LogP contribution in [0.1, 0.15) is 12.5 Å². The molecule has 0 spiro atoms. The zero-order chi connectivity index (χ0) is 21.1. The van der Waals surface area contributed by atoms with Gasteiger partial charge in [0.2, 0.25) is 5.91 Å². The van der Waals surface area contributed by atoms with Gasteiger partial charge in [0.05, 0.1) is 24.0 Å². The fraction of sp³-hybridized carbons (Fsp3) is 0.250. The highest BCUT2D eigenvalue weighted by atomic mass is 16.2. The number of anilines is 2. The van der Waals surface area contributed by atoms with Crippen LogP contribution in [0.5, 0.6) is 0 Å². The zero-order valence-electron chi connectivity index (χ0n) is 17.2. The first-order chi connectivity index (χ1) is 14.6. The van der Waals surface area contributed by atoms with Gasteiger partial charge in [-0.25, -0.2) is 0 Å². The molecule has 154 valence electrons. The Morgan fingerprint density at radius 3 is 2.67 bits per heavy atom. The van der Waals surface area contributed by atoms with Crippen LogP contribution in [-0.2, 0) is 16.1 Å². The predicted molar refractivity (Wildman–Crippen MR) is 121 cm³/mol. The Morgan fingerprint density at radius 1 is 1.10 bits per heavy atom. The summed E-state index contributed by atoms with van der Waals surface area (Å²) >= 11 is 0. The minimum absolute atomic E-state index is 0.128. The molecule has 4 rings (SSSR count). The Morgan fingerprint density at radius 2 is 1.83 bits per heavy atom. The number of para-hydroxylation sites is 2. The van der Waals surface area contributed by atoms with E-state index < -0.39 is 6.04 Å². The minimum Gasteiger partial charge on any atom is -0.381 e. The number of hydrogen-bond donors (Lipinski definition) is 3. The normalized spacial score (nSPS) is 17.1. The van der Waals surface area contributed by atoms with Gasteiger partial charge >= 0.3 is 0 Å². The molecule has 0 unspecified atom stereocenters. The van der Waals surface area contributed by atoms with Crippen molar-refractivity contribution in [3.8, 4) is 0 Å². The van der Waals surface area contributed by atoms with Crippen LogP contribution in [0.4, 0.5) is 11.4 Å². The van der Waals surface area contributed by atoms with Gasteiger partial charge < -0.3 is 20.9 Å². The molecule has 30 heavy (non-hydrogen) atoms. The molecule has 1 aliphatic rings. The average molecular weight is 402 g/mol. The summed E-state index contributed by atoms with van der Waals surface area (Å²) < 4.78 is 0. The summed E-state index contributed by atoms with van der Waals surface area (Å²) in [5.41, 5.74) is 2.75. The lowest BCUT2D eigenvalue weighted by Crippen LogP contribution is -2.54. The van der Waals surface area contributed by atoms with Crippen LogP contribution in [0, 0.1) is 0 Å². The van der Waals surface area contributed by atoms with Gasteiger partial charge in [0.1, 0.15) is 6.04 Å². The summed E-state index contributed by atoms with van der Waals surface area (Å²) in [5, 5.41) is 11.4. The number of rotatable bonds is 5. The van der Waals surface area contributed by atoms with E-state index in [2.05, 4.69) is 34.1 Å². The fourth-order valence-electron chi connectivity index (χ4n) is 3.77. The maximum absolute atomic E-state index is 13.5. The van der Waals surface area contributed by atoms with Gasteiger partial charge in [-0.05, 0) is 42.4 Å². The van der Waals surface area contributed by atoms with Crippen LogP contribution < -0.4 is 20.9 Å². The summed E-state index contributed by atoms with van der Waals surface area (Å²) in [6.45, 7) is 2.53.